The summed E-state index contributed by atoms with van der Waals surface area (Å²) in [5.41, 5.74) is -0.300. The molecule has 1 aliphatic rings. The average molecular weight is 278 g/mol. The minimum Gasteiger partial charge on any atom is -0.297 e. The molecule has 112 valence electrons. The lowest BCUT2D eigenvalue weighted by atomic mass is 9.76. The molecule has 1 heterocycles. The standard InChI is InChI=1S/C15H26N4O/c1-12(2)19-14(16-11-17-19)10-13(20)15(18(3)4)8-6-5-7-9-15/h11-12H,5-10H2,1-4H3. The number of aromatic nitrogens is 3. The first-order valence-electron chi connectivity index (χ1n) is 7.56. The van der Waals surface area contributed by atoms with Crippen molar-refractivity contribution in [1.82, 2.24) is 19.7 Å². The van der Waals surface area contributed by atoms with Crippen LogP contribution < -0.4 is 0 Å². The van der Waals surface area contributed by atoms with E-state index in [9.17, 15) is 4.79 Å². The maximum atomic E-state index is 12.9. The van der Waals surface area contributed by atoms with Crippen LogP contribution in [0.1, 0.15) is 57.8 Å². The summed E-state index contributed by atoms with van der Waals surface area (Å²) in [6.45, 7) is 4.12. The SMILES string of the molecule is CC(C)n1ncnc1CC(=O)C1(N(C)C)CCCCC1. The molecule has 1 aromatic rings. The summed E-state index contributed by atoms with van der Waals surface area (Å²) in [6.07, 6.45) is 7.39. The van der Waals surface area contributed by atoms with Crippen LogP contribution in [0.2, 0.25) is 0 Å². The molecule has 5 nitrogen and oxygen atoms in total. The van der Waals surface area contributed by atoms with Gasteiger partial charge in [-0.25, -0.2) is 9.67 Å². The largest absolute Gasteiger partial charge is 0.297 e. The molecular weight excluding hydrogens is 252 g/mol. The zero-order valence-electron chi connectivity index (χ0n) is 13.1. The topological polar surface area (TPSA) is 51.0 Å². The fraction of sp³-hybridized carbons (Fsp3) is 0.800. The Labute approximate surface area is 121 Å². The summed E-state index contributed by atoms with van der Waals surface area (Å²) < 4.78 is 1.85. The number of ketones is 1. The molecule has 0 unspecified atom stereocenters. The number of carbonyl (C=O) groups is 1. The lowest BCUT2D eigenvalue weighted by molar-refractivity contribution is -0.131. The molecule has 0 aliphatic heterocycles. The van der Waals surface area contributed by atoms with E-state index in [2.05, 4.69) is 28.8 Å². The summed E-state index contributed by atoms with van der Waals surface area (Å²) in [7, 11) is 4.05. The smallest absolute Gasteiger partial charge is 0.160 e. The van der Waals surface area contributed by atoms with Crippen molar-refractivity contribution in [3.63, 3.8) is 0 Å². The van der Waals surface area contributed by atoms with E-state index in [0.717, 1.165) is 31.5 Å². The van der Waals surface area contributed by atoms with Gasteiger partial charge in [-0.15, -0.1) is 0 Å². The molecule has 0 saturated heterocycles. The number of hydrogen-bond donors (Lipinski definition) is 0. The van der Waals surface area contributed by atoms with E-state index in [-0.39, 0.29) is 17.4 Å². The van der Waals surface area contributed by atoms with Crippen molar-refractivity contribution in [2.75, 3.05) is 14.1 Å². The van der Waals surface area contributed by atoms with Crippen LogP contribution in [-0.4, -0.2) is 45.1 Å². The van der Waals surface area contributed by atoms with Gasteiger partial charge in [0.1, 0.15) is 12.2 Å². The third-order valence-electron chi connectivity index (χ3n) is 4.51. The molecule has 1 aromatic heterocycles. The molecule has 1 aliphatic carbocycles. The van der Waals surface area contributed by atoms with Gasteiger partial charge in [0, 0.05) is 6.04 Å². The van der Waals surface area contributed by atoms with Crippen LogP contribution in [0.5, 0.6) is 0 Å². The van der Waals surface area contributed by atoms with E-state index in [1.807, 2.05) is 18.8 Å². The molecule has 0 bridgehead atoms. The Kier molecular flexibility index (Phi) is 4.58. The van der Waals surface area contributed by atoms with E-state index in [1.165, 1.54) is 6.42 Å². The predicted molar refractivity (Wildman–Crippen MR) is 78.6 cm³/mol. The average Bonchev–Trinajstić information content (AvgIpc) is 2.87. The summed E-state index contributed by atoms with van der Waals surface area (Å²) in [4.78, 5) is 19.3. The van der Waals surface area contributed by atoms with E-state index >= 15 is 0 Å². The molecule has 2 rings (SSSR count). The van der Waals surface area contributed by atoms with Gasteiger partial charge in [0.25, 0.3) is 0 Å². The Hall–Kier alpha value is -1.23. The second-order valence-electron chi connectivity index (χ2n) is 6.30. The van der Waals surface area contributed by atoms with Crippen molar-refractivity contribution in [2.45, 2.75) is 64.0 Å². The molecule has 0 radical (unpaired) electrons. The summed E-state index contributed by atoms with van der Waals surface area (Å²) >= 11 is 0. The highest BCUT2D eigenvalue weighted by Crippen LogP contribution is 2.33. The van der Waals surface area contributed by atoms with Crippen LogP contribution in [0.4, 0.5) is 0 Å². The maximum absolute atomic E-state index is 12.9. The molecule has 0 atom stereocenters. The Bertz CT molecular complexity index is 458. The number of rotatable bonds is 5. The van der Waals surface area contributed by atoms with Gasteiger partial charge < -0.3 is 0 Å². The van der Waals surface area contributed by atoms with Gasteiger partial charge in [-0.3, -0.25) is 9.69 Å². The minimum absolute atomic E-state index is 0.238. The van der Waals surface area contributed by atoms with Crippen LogP contribution in [0, 0.1) is 0 Å². The first kappa shape index (κ1) is 15.2. The highest BCUT2D eigenvalue weighted by atomic mass is 16.1. The zero-order chi connectivity index (χ0) is 14.8. The van der Waals surface area contributed by atoms with Crippen molar-refractivity contribution in [2.24, 2.45) is 0 Å². The molecule has 1 saturated carbocycles. The third kappa shape index (κ3) is 2.77. The molecule has 0 spiro atoms. The van der Waals surface area contributed by atoms with Crippen LogP contribution >= 0.6 is 0 Å². The van der Waals surface area contributed by atoms with Gasteiger partial charge in [-0.05, 0) is 40.8 Å². The van der Waals surface area contributed by atoms with Gasteiger partial charge in [0.05, 0.1) is 12.0 Å². The third-order valence-corrected chi connectivity index (χ3v) is 4.51. The molecule has 0 N–H and O–H groups in total. The van der Waals surface area contributed by atoms with Crippen LogP contribution in [0.3, 0.4) is 0 Å². The van der Waals surface area contributed by atoms with Gasteiger partial charge >= 0.3 is 0 Å². The summed E-state index contributed by atoms with van der Waals surface area (Å²) in [5.74, 6) is 1.08. The van der Waals surface area contributed by atoms with Crippen LogP contribution in [0.25, 0.3) is 0 Å². The monoisotopic (exact) mass is 278 g/mol. The first-order chi connectivity index (χ1) is 9.47. The number of nitrogens with zero attached hydrogens (tertiary/aromatic N) is 4. The van der Waals surface area contributed by atoms with Crippen molar-refractivity contribution in [3.05, 3.63) is 12.2 Å². The maximum Gasteiger partial charge on any atom is 0.160 e. The lowest BCUT2D eigenvalue weighted by Gasteiger charge is -2.41. The first-order valence-corrected chi connectivity index (χ1v) is 7.56. The molecule has 20 heavy (non-hydrogen) atoms. The number of likely N-dealkylation sites (N-methyl/N-ethyl adjacent to an activating group) is 1. The Balaban J connectivity index is 2.18. The van der Waals surface area contributed by atoms with Crippen molar-refractivity contribution >= 4 is 5.78 Å². The highest BCUT2D eigenvalue weighted by Gasteiger charge is 2.41. The summed E-state index contributed by atoms with van der Waals surface area (Å²) in [5, 5.41) is 4.22. The van der Waals surface area contributed by atoms with E-state index in [4.69, 9.17) is 0 Å². The van der Waals surface area contributed by atoms with Crippen molar-refractivity contribution < 1.29 is 4.79 Å². The van der Waals surface area contributed by atoms with E-state index < -0.39 is 0 Å². The van der Waals surface area contributed by atoms with Gasteiger partial charge in [-0.2, -0.15) is 5.10 Å². The quantitative estimate of drug-likeness (QED) is 0.829. The Morgan fingerprint density at radius 2 is 2.00 bits per heavy atom. The zero-order valence-corrected chi connectivity index (χ0v) is 13.1. The molecule has 0 amide bonds. The molecule has 1 fully saturated rings. The van der Waals surface area contributed by atoms with E-state index in [0.29, 0.717) is 6.42 Å². The fourth-order valence-corrected chi connectivity index (χ4v) is 3.25. The molecule has 5 heteroatoms. The van der Waals surface area contributed by atoms with Gasteiger partial charge in [0.15, 0.2) is 5.78 Å². The van der Waals surface area contributed by atoms with E-state index in [1.54, 1.807) is 6.33 Å². The Morgan fingerprint density at radius 3 is 2.55 bits per heavy atom. The molecular formula is C15H26N4O. The minimum atomic E-state index is -0.300. The number of Topliss-reactive ketones (excluding diaryl/α,β-unsaturated/α-hetero) is 1. The van der Waals surface area contributed by atoms with Gasteiger partial charge in [-0.1, -0.05) is 19.3 Å². The lowest BCUT2D eigenvalue weighted by Crippen LogP contribution is -2.53. The van der Waals surface area contributed by atoms with Crippen molar-refractivity contribution in [3.8, 4) is 0 Å². The summed E-state index contributed by atoms with van der Waals surface area (Å²) in [6, 6.07) is 0.238. The molecule has 0 aromatic carbocycles. The van der Waals surface area contributed by atoms with Gasteiger partial charge in [0.2, 0.25) is 0 Å². The fourth-order valence-electron chi connectivity index (χ4n) is 3.25. The van der Waals surface area contributed by atoms with Crippen LogP contribution in [0.15, 0.2) is 6.33 Å². The number of hydrogen-bond acceptors (Lipinski definition) is 4. The highest BCUT2D eigenvalue weighted by molar-refractivity contribution is 5.89. The Morgan fingerprint density at radius 1 is 1.35 bits per heavy atom. The van der Waals surface area contributed by atoms with Crippen LogP contribution in [-0.2, 0) is 11.2 Å². The predicted octanol–water partition coefficient (Wildman–Crippen LogP) is 2.24. The normalized spacial score (nSPS) is 18.7. The second kappa shape index (κ2) is 6.04. The van der Waals surface area contributed by atoms with Crippen molar-refractivity contribution in [1.29, 1.82) is 0 Å². The number of carbonyl (C=O) groups excluding carboxylic acids is 1. The second-order valence-corrected chi connectivity index (χ2v) is 6.30.